The Morgan fingerprint density at radius 2 is 1.43 bits per heavy atom. The molecule has 2 aromatic carbocycles. The minimum Gasteiger partial charge on any atom is -0.465 e. The number of aliphatic hydroxyl groups is 1. The molecule has 2 saturated heterocycles. The second-order valence-corrected chi connectivity index (χ2v) is 8.45. The summed E-state index contributed by atoms with van der Waals surface area (Å²) in [6, 6.07) is 20.9. The van der Waals surface area contributed by atoms with Crippen molar-refractivity contribution in [1.82, 2.24) is 4.98 Å². The quantitative estimate of drug-likeness (QED) is 0.540. The number of carbonyl (C=O) groups is 1. The Morgan fingerprint density at radius 1 is 0.857 bits per heavy atom. The van der Waals surface area contributed by atoms with Gasteiger partial charge in [0.2, 0.25) is 0 Å². The maximum absolute atomic E-state index is 12.4. The summed E-state index contributed by atoms with van der Waals surface area (Å²) in [5.41, 5.74) is 2.74. The number of aromatic nitrogens is 1. The Balaban J connectivity index is 1.50. The van der Waals surface area contributed by atoms with Crippen LogP contribution in [0, 0.1) is 0 Å². The fraction of sp³-hybridized carbons (Fsp3) is 0.333. The molecule has 5 rings (SSSR count). The Hall–Kier alpha value is -3.14. The molecule has 2 aliphatic heterocycles. The van der Waals surface area contributed by atoms with Crippen LogP contribution in [0.25, 0.3) is 0 Å². The highest BCUT2D eigenvalue weighted by atomic mass is 16.8. The third-order valence-corrected chi connectivity index (χ3v) is 6.28. The van der Waals surface area contributed by atoms with Gasteiger partial charge < -0.3 is 28.8 Å². The first-order valence-corrected chi connectivity index (χ1v) is 11.5. The molecule has 0 amide bonds. The number of pyridine rings is 1. The van der Waals surface area contributed by atoms with Crippen molar-refractivity contribution in [3.05, 3.63) is 101 Å². The average molecular weight is 478 g/mol. The van der Waals surface area contributed by atoms with Gasteiger partial charge in [-0.2, -0.15) is 0 Å². The van der Waals surface area contributed by atoms with Gasteiger partial charge in [-0.25, -0.2) is 4.79 Å². The van der Waals surface area contributed by atoms with Gasteiger partial charge in [-0.15, -0.1) is 0 Å². The standard InChI is InChI=1S/C27H27NO7/c1-31-25(30)20-15-28-13-12-19(20)14-21-23-24(35-26(32-21)17-8-4-2-5-9-17)22(16-29)33-27(34-23)18-10-6-3-7-11-18/h2-13,15,21-24,26-27,29H,14,16H2,1H3/t21-,22-,23+,24-,26?,27?/m1/s1. The van der Waals surface area contributed by atoms with Crippen LogP contribution in [-0.4, -0.2) is 54.2 Å². The van der Waals surface area contributed by atoms with Crippen molar-refractivity contribution in [2.75, 3.05) is 13.7 Å². The summed E-state index contributed by atoms with van der Waals surface area (Å²) in [7, 11) is 1.34. The molecule has 1 aromatic heterocycles. The molecule has 0 spiro atoms. The van der Waals surface area contributed by atoms with E-state index >= 15 is 0 Å². The number of nitrogens with zero attached hydrogens (tertiary/aromatic N) is 1. The summed E-state index contributed by atoms with van der Waals surface area (Å²) in [6.45, 7) is -0.245. The second kappa shape index (κ2) is 10.6. The molecule has 0 bridgehead atoms. The van der Waals surface area contributed by atoms with Crippen LogP contribution in [0.3, 0.4) is 0 Å². The van der Waals surface area contributed by atoms with Crippen molar-refractivity contribution in [2.45, 2.75) is 43.4 Å². The van der Waals surface area contributed by atoms with E-state index in [4.69, 9.17) is 23.7 Å². The van der Waals surface area contributed by atoms with Gasteiger partial charge in [0.05, 0.1) is 25.4 Å². The minimum absolute atomic E-state index is 0.245. The molecule has 35 heavy (non-hydrogen) atoms. The number of methoxy groups -OCH3 is 1. The van der Waals surface area contributed by atoms with E-state index in [1.807, 2.05) is 60.7 Å². The van der Waals surface area contributed by atoms with Gasteiger partial charge in [0.15, 0.2) is 12.6 Å². The molecule has 6 atom stereocenters. The maximum Gasteiger partial charge on any atom is 0.339 e. The smallest absolute Gasteiger partial charge is 0.339 e. The van der Waals surface area contributed by atoms with Crippen molar-refractivity contribution in [3.63, 3.8) is 0 Å². The van der Waals surface area contributed by atoms with Gasteiger partial charge >= 0.3 is 5.97 Å². The molecule has 2 unspecified atom stereocenters. The van der Waals surface area contributed by atoms with Crippen LogP contribution in [0.15, 0.2) is 79.1 Å². The number of carbonyl (C=O) groups excluding carboxylic acids is 1. The molecule has 8 heteroatoms. The maximum atomic E-state index is 12.4. The van der Waals surface area contributed by atoms with Crippen molar-refractivity contribution < 1.29 is 33.6 Å². The summed E-state index contributed by atoms with van der Waals surface area (Å²) in [5.74, 6) is -0.473. The number of hydrogen-bond donors (Lipinski definition) is 1. The summed E-state index contributed by atoms with van der Waals surface area (Å²) in [6.07, 6.45) is -0.224. The number of hydrogen-bond acceptors (Lipinski definition) is 8. The summed E-state index contributed by atoms with van der Waals surface area (Å²) >= 11 is 0. The number of fused-ring (bicyclic) bond motifs is 1. The first-order chi connectivity index (χ1) is 17.2. The van der Waals surface area contributed by atoms with Crippen molar-refractivity contribution in [3.8, 4) is 0 Å². The lowest BCUT2D eigenvalue weighted by atomic mass is 9.93. The van der Waals surface area contributed by atoms with Crippen LogP contribution < -0.4 is 0 Å². The number of aliphatic hydroxyl groups excluding tert-OH is 1. The first kappa shape index (κ1) is 23.6. The molecule has 2 aliphatic rings. The number of benzene rings is 2. The van der Waals surface area contributed by atoms with Crippen molar-refractivity contribution in [1.29, 1.82) is 0 Å². The molecular weight excluding hydrogens is 450 g/mol. The van der Waals surface area contributed by atoms with E-state index in [2.05, 4.69) is 4.98 Å². The summed E-state index contributed by atoms with van der Waals surface area (Å²) in [4.78, 5) is 16.4. The third-order valence-electron chi connectivity index (χ3n) is 6.28. The second-order valence-electron chi connectivity index (χ2n) is 8.45. The first-order valence-electron chi connectivity index (χ1n) is 11.5. The fourth-order valence-electron chi connectivity index (χ4n) is 4.53. The normalized spacial score (nSPS) is 28.2. The third kappa shape index (κ3) is 4.98. The molecule has 182 valence electrons. The molecule has 0 aliphatic carbocycles. The number of rotatable bonds is 6. The van der Waals surface area contributed by atoms with Gasteiger partial charge in [-0.1, -0.05) is 60.7 Å². The predicted octanol–water partition coefficient (Wildman–Crippen LogP) is 3.37. The van der Waals surface area contributed by atoms with Gasteiger partial charge in [0.25, 0.3) is 0 Å². The Labute approximate surface area is 203 Å². The largest absolute Gasteiger partial charge is 0.465 e. The molecule has 0 saturated carbocycles. The SMILES string of the molecule is COC(=O)c1cnccc1C[C@H]1OC(c2ccccc2)O[C@H]2[C@H]1OC(c1ccccc1)O[C@@H]2CO. The van der Waals surface area contributed by atoms with Crippen LogP contribution in [-0.2, 0) is 30.1 Å². The summed E-state index contributed by atoms with van der Waals surface area (Å²) < 4.78 is 30.2. The van der Waals surface area contributed by atoms with E-state index in [1.165, 1.54) is 13.3 Å². The minimum atomic E-state index is -0.699. The lowest BCUT2D eigenvalue weighted by molar-refractivity contribution is -0.384. The van der Waals surface area contributed by atoms with Crippen LogP contribution in [0.4, 0.5) is 0 Å². The zero-order valence-electron chi connectivity index (χ0n) is 19.2. The van der Waals surface area contributed by atoms with E-state index in [1.54, 1.807) is 12.3 Å². The molecule has 2 fully saturated rings. The van der Waals surface area contributed by atoms with Crippen LogP contribution in [0.1, 0.15) is 39.6 Å². The van der Waals surface area contributed by atoms with Gasteiger partial charge in [-0.05, 0) is 11.6 Å². The lowest BCUT2D eigenvalue weighted by Crippen LogP contribution is -2.59. The van der Waals surface area contributed by atoms with E-state index in [0.717, 1.165) is 16.7 Å². The van der Waals surface area contributed by atoms with Gasteiger partial charge in [-0.3, -0.25) is 4.98 Å². The van der Waals surface area contributed by atoms with Crippen molar-refractivity contribution in [2.24, 2.45) is 0 Å². The highest BCUT2D eigenvalue weighted by molar-refractivity contribution is 5.90. The molecular formula is C27H27NO7. The number of ether oxygens (including phenoxy) is 5. The van der Waals surface area contributed by atoms with Gasteiger partial charge in [0, 0.05) is 29.9 Å². The van der Waals surface area contributed by atoms with Crippen molar-refractivity contribution >= 4 is 5.97 Å². The lowest BCUT2D eigenvalue weighted by Gasteiger charge is -2.49. The average Bonchev–Trinajstić information content (AvgIpc) is 2.93. The zero-order valence-corrected chi connectivity index (χ0v) is 19.2. The molecule has 0 radical (unpaired) electrons. The monoisotopic (exact) mass is 477 g/mol. The summed E-state index contributed by atoms with van der Waals surface area (Å²) in [5, 5.41) is 10.2. The Morgan fingerprint density at radius 3 is 2.00 bits per heavy atom. The van der Waals surface area contributed by atoms with E-state index in [9.17, 15) is 9.90 Å². The number of esters is 1. The van der Waals surface area contributed by atoms with E-state index < -0.39 is 43.0 Å². The zero-order chi connectivity index (χ0) is 24.2. The van der Waals surface area contributed by atoms with Crippen LogP contribution in [0.2, 0.25) is 0 Å². The van der Waals surface area contributed by atoms with Gasteiger partial charge in [0.1, 0.15) is 18.3 Å². The molecule has 8 nitrogen and oxygen atoms in total. The molecule has 3 heterocycles. The Kier molecular flexibility index (Phi) is 7.17. The fourth-order valence-corrected chi connectivity index (χ4v) is 4.53. The van der Waals surface area contributed by atoms with E-state index in [-0.39, 0.29) is 6.61 Å². The molecule has 3 aromatic rings. The van der Waals surface area contributed by atoms with Crippen LogP contribution >= 0.6 is 0 Å². The highest BCUT2D eigenvalue weighted by Crippen LogP contribution is 2.41. The predicted molar refractivity (Wildman–Crippen MR) is 124 cm³/mol. The van der Waals surface area contributed by atoms with Crippen LogP contribution in [0.5, 0.6) is 0 Å². The Bertz CT molecular complexity index is 1130. The topological polar surface area (TPSA) is 96.3 Å². The molecule has 1 N–H and O–H groups in total. The van der Waals surface area contributed by atoms with E-state index in [0.29, 0.717) is 12.0 Å². The highest BCUT2D eigenvalue weighted by Gasteiger charge is 2.50.